The number of hydrogen-bond acceptors (Lipinski definition) is 1. The van der Waals surface area contributed by atoms with E-state index in [1.54, 1.807) is 6.92 Å². The van der Waals surface area contributed by atoms with Crippen molar-refractivity contribution in [3.63, 3.8) is 0 Å². The quantitative estimate of drug-likeness (QED) is 0.158. The molecule has 0 aliphatic rings. The van der Waals surface area contributed by atoms with E-state index in [4.69, 9.17) is 4.74 Å². The average Bonchev–Trinajstić information content (AvgIpc) is 2.65. The van der Waals surface area contributed by atoms with Crippen LogP contribution < -0.4 is 0 Å². The molecule has 0 bridgehead atoms. The van der Waals surface area contributed by atoms with Crippen molar-refractivity contribution in [1.82, 2.24) is 0 Å². The van der Waals surface area contributed by atoms with Crippen LogP contribution in [-0.4, -0.2) is 60.8 Å². The number of unbranched alkanes of at least 4 members (excludes halogenated alkanes) is 3. The van der Waals surface area contributed by atoms with Gasteiger partial charge in [0.15, 0.2) is 0 Å². The smallest absolute Gasteiger partial charge is 0.382 e. The molecule has 0 N–H and O–H groups in total. The second-order valence-electron chi connectivity index (χ2n) is 7.01. The molecule has 0 aliphatic heterocycles. The molecule has 0 saturated heterocycles. The first kappa shape index (κ1) is 32.8. The third-order valence-electron chi connectivity index (χ3n) is 4.52. The van der Waals surface area contributed by atoms with Crippen LogP contribution in [-0.2, 0) is 4.74 Å². The Morgan fingerprint density at radius 2 is 0.794 bits per heavy atom. The molecule has 0 unspecified atom stereocenters. The van der Waals surface area contributed by atoms with E-state index in [0.29, 0.717) is 0 Å². The predicted octanol–water partition coefficient (Wildman–Crippen LogP) is 7.98. The Morgan fingerprint density at radius 1 is 0.441 bits per heavy atom. The first-order chi connectivity index (χ1) is 14.8. The Labute approximate surface area is 180 Å². The van der Waals surface area contributed by atoms with Gasteiger partial charge in [-0.25, -0.2) is 0 Å². The molecule has 0 atom stereocenters. The van der Waals surface area contributed by atoms with Gasteiger partial charge >= 0.3 is 47.6 Å². The molecule has 0 amide bonds. The standard InChI is InChI=1S/C16H17F17O/c1-2-34-8-6-4-3-5-7-9(17,18)10(19,20)11(21,22)12(23,24)13(25,26)14(27,28)15(29,30)16(31,32)33/h2-8H2,1H3. The van der Waals surface area contributed by atoms with Crippen LogP contribution >= 0.6 is 0 Å². The van der Waals surface area contributed by atoms with Crippen molar-refractivity contribution in [1.29, 1.82) is 0 Å². The highest BCUT2D eigenvalue weighted by Gasteiger charge is 2.95. The van der Waals surface area contributed by atoms with Gasteiger partial charge in [-0.15, -0.1) is 0 Å². The van der Waals surface area contributed by atoms with E-state index in [0.717, 1.165) is 0 Å². The van der Waals surface area contributed by atoms with E-state index in [-0.39, 0.29) is 26.1 Å². The summed E-state index contributed by atoms with van der Waals surface area (Å²) in [5, 5.41) is 0. The Hall–Kier alpha value is -1.23. The maximum Gasteiger partial charge on any atom is 0.460 e. The summed E-state index contributed by atoms with van der Waals surface area (Å²) >= 11 is 0. The lowest BCUT2D eigenvalue weighted by molar-refractivity contribution is -0.461. The minimum absolute atomic E-state index is 0.0367. The Kier molecular flexibility index (Phi) is 9.66. The second kappa shape index (κ2) is 10.0. The largest absolute Gasteiger partial charge is 0.460 e. The predicted molar refractivity (Wildman–Crippen MR) is 80.3 cm³/mol. The molecule has 0 aromatic rings. The molecular weight excluding hydrogens is 531 g/mol. The Balaban J connectivity index is 5.98. The number of halogens is 17. The van der Waals surface area contributed by atoms with E-state index in [2.05, 4.69) is 0 Å². The van der Waals surface area contributed by atoms with Gasteiger partial charge in [0.05, 0.1) is 0 Å². The number of rotatable bonds is 14. The zero-order valence-electron chi connectivity index (χ0n) is 16.8. The van der Waals surface area contributed by atoms with Gasteiger partial charge in [-0.1, -0.05) is 12.8 Å². The first-order valence-corrected chi connectivity index (χ1v) is 9.10. The zero-order valence-corrected chi connectivity index (χ0v) is 16.8. The minimum Gasteiger partial charge on any atom is -0.382 e. The molecule has 0 aromatic heterocycles. The summed E-state index contributed by atoms with van der Waals surface area (Å²) in [5.41, 5.74) is 0. The summed E-state index contributed by atoms with van der Waals surface area (Å²) in [6.07, 6.45) is -11.5. The fourth-order valence-corrected chi connectivity index (χ4v) is 2.40. The van der Waals surface area contributed by atoms with Crippen molar-refractivity contribution in [2.45, 2.75) is 86.7 Å². The van der Waals surface area contributed by atoms with Crippen LogP contribution in [0.15, 0.2) is 0 Å². The molecule has 206 valence electrons. The van der Waals surface area contributed by atoms with E-state index in [1.807, 2.05) is 0 Å². The first-order valence-electron chi connectivity index (χ1n) is 9.10. The van der Waals surface area contributed by atoms with Gasteiger partial charge in [0.25, 0.3) is 0 Å². The van der Waals surface area contributed by atoms with Crippen LogP contribution in [0.5, 0.6) is 0 Å². The van der Waals surface area contributed by atoms with Crippen molar-refractivity contribution < 1.29 is 79.4 Å². The molecule has 34 heavy (non-hydrogen) atoms. The van der Waals surface area contributed by atoms with Crippen LogP contribution in [0.2, 0.25) is 0 Å². The van der Waals surface area contributed by atoms with E-state index in [1.165, 1.54) is 0 Å². The Morgan fingerprint density at radius 3 is 1.18 bits per heavy atom. The fraction of sp³-hybridized carbons (Fsp3) is 1.00. The van der Waals surface area contributed by atoms with Gasteiger partial charge in [-0.3, -0.25) is 0 Å². The molecule has 0 aromatic carbocycles. The van der Waals surface area contributed by atoms with E-state index >= 15 is 0 Å². The van der Waals surface area contributed by atoms with Crippen LogP contribution in [0.3, 0.4) is 0 Å². The van der Waals surface area contributed by atoms with Gasteiger partial charge in [0.2, 0.25) is 0 Å². The van der Waals surface area contributed by atoms with Crippen LogP contribution in [0, 0.1) is 0 Å². The van der Waals surface area contributed by atoms with Crippen molar-refractivity contribution in [3.8, 4) is 0 Å². The van der Waals surface area contributed by atoms with Crippen molar-refractivity contribution in [3.05, 3.63) is 0 Å². The number of hydrogen-bond donors (Lipinski definition) is 0. The van der Waals surface area contributed by atoms with Crippen LogP contribution in [0.1, 0.15) is 39.0 Å². The summed E-state index contributed by atoms with van der Waals surface area (Å²) in [5.74, 6) is -55.8. The lowest BCUT2D eigenvalue weighted by Gasteiger charge is -2.42. The summed E-state index contributed by atoms with van der Waals surface area (Å²) in [4.78, 5) is 0. The molecule has 0 saturated carbocycles. The zero-order chi connectivity index (χ0) is 27.7. The van der Waals surface area contributed by atoms with Gasteiger partial charge in [0.1, 0.15) is 0 Å². The van der Waals surface area contributed by atoms with E-state index < -0.39 is 66.9 Å². The lowest BCUT2D eigenvalue weighted by Crippen LogP contribution is -2.74. The van der Waals surface area contributed by atoms with Gasteiger partial charge in [0, 0.05) is 19.6 Å². The van der Waals surface area contributed by atoms with Crippen molar-refractivity contribution >= 4 is 0 Å². The topological polar surface area (TPSA) is 9.23 Å². The molecule has 0 spiro atoms. The molecule has 0 fully saturated rings. The normalized spacial score (nSPS) is 15.7. The number of alkyl halides is 17. The van der Waals surface area contributed by atoms with Crippen molar-refractivity contribution in [2.24, 2.45) is 0 Å². The van der Waals surface area contributed by atoms with E-state index in [9.17, 15) is 74.6 Å². The maximum absolute atomic E-state index is 13.6. The summed E-state index contributed by atoms with van der Waals surface area (Å²) in [6.45, 7) is 1.88. The third kappa shape index (κ3) is 5.29. The van der Waals surface area contributed by atoms with Gasteiger partial charge in [-0.05, 0) is 19.8 Å². The van der Waals surface area contributed by atoms with Crippen LogP contribution in [0.25, 0.3) is 0 Å². The molecule has 0 rings (SSSR count). The molecule has 1 nitrogen and oxygen atoms in total. The monoisotopic (exact) mass is 548 g/mol. The number of ether oxygens (including phenoxy) is 1. The fourth-order valence-electron chi connectivity index (χ4n) is 2.40. The maximum atomic E-state index is 13.6. The van der Waals surface area contributed by atoms with Crippen molar-refractivity contribution in [2.75, 3.05) is 13.2 Å². The highest BCUT2D eigenvalue weighted by Crippen LogP contribution is 2.64. The average molecular weight is 548 g/mol. The summed E-state index contributed by atoms with van der Waals surface area (Å²) in [6, 6.07) is 0. The second-order valence-corrected chi connectivity index (χ2v) is 7.01. The highest BCUT2D eigenvalue weighted by molar-refractivity contribution is 5.15. The van der Waals surface area contributed by atoms with Crippen LogP contribution in [0.4, 0.5) is 74.6 Å². The van der Waals surface area contributed by atoms with Gasteiger partial charge < -0.3 is 4.74 Å². The molecule has 0 aliphatic carbocycles. The summed E-state index contributed by atoms with van der Waals surface area (Å²) < 4.78 is 227. The molecule has 0 heterocycles. The summed E-state index contributed by atoms with van der Waals surface area (Å²) in [7, 11) is 0. The van der Waals surface area contributed by atoms with Gasteiger partial charge in [-0.2, -0.15) is 74.6 Å². The SMILES string of the molecule is CCOCCCCCCC(F)(F)C(F)(F)C(F)(F)C(F)(F)C(F)(F)C(F)(F)C(F)(F)C(F)(F)F. The highest BCUT2D eigenvalue weighted by atomic mass is 19.4. The Bertz CT molecular complexity index is 652. The molecule has 0 radical (unpaired) electrons. The molecule has 18 heteroatoms. The third-order valence-corrected chi connectivity index (χ3v) is 4.52. The lowest BCUT2D eigenvalue weighted by atomic mass is 9.88. The minimum atomic E-state index is -8.58. The molecular formula is C16H17F17O.